The SMILES string of the molecule is CCn1ccnc1CNc1cc(C)cnc1Cl. The Balaban J connectivity index is 2.09. The first-order valence-electron chi connectivity index (χ1n) is 5.56. The Labute approximate surface area is 106 Å². The second-order valence-electron chi connectivity index (χ2n) is 3.83. The van der Waals surface area contributed by atoms with Crippen LogP contribution in [0.5, 0.6) is 0 Å². The third-order valence-corrected chi connectivity index (χ3v) is 2.86. The molecule has 0 amide bonds. The highest BCUT2D eigenvalue weighted by atomic mass is 35.5. The Hall–Kier alpha value is -1.55. The highest BCUT2D eigenvalue weighted by Gasteiger charge is 2.04. The number of anilines is 1. The molecule has 0 saturated heterocycles. The van der Waals surface area contributed by atoms with E-state index in [-0.39, 0.29) is 0 Å². The molecule has 1 N–H and O–H groups in total. The van der Waals surface area contributed by atoms with Crippen LogP contribution in [0.2, 0.25) is 5.15 Å². The molecule has 0 bridgehead atoms. The smallest absolute Gasteiger partial charge is 0.152 e. The van der Waals surface area contributed by atoms with Gasteiger partial charge in [-0.15, -0.1) is 0 Å². The Morgan fingerprint density at radius 2 is 2.24 bits per heavy atom. The zero-order chi connectivity index (χ0) is 12.3. The second kappa shape index (κ2) is 5.19. The maximum absolute atomic E-state index is 6.01. The summed E-state index contributed by atoms with van der Waals surface area (Å²) in [5.74, 6) is 0.991. The molecule has 0 spiro atoms. The highest BCUT2D eigenvalue weighted by Crippen LogP contribution is 2.20. The number of halogens is 1. The Kier molecular flexibility index (Phi) is 3.64. The van der Waals surface area contributed by atoms with Crippen LogP contribution in [-0.4, -0.2) is 14.5 Å². The first kappa shape index (κ1) is 11.9. The van der Waals surface area contributed by atoms with Gasteiger partial charge in [0.15, 0.2) is 5.15 Å². The molecule has 0 aliphatic rings. The summed E-state index contributed by atoms with van der Waals surface area (Å²) in [7, 11) is 0. The van der Waals surface area contributed by atoms with E-state index in [1.165, 1.54) is 0 Å². The lowest BCUT2D eigenvalue weighted by molar-refractivity contribution is 0.708. The van der Waals surface area contributed by atoms with Gasteiger partial charge in [0.25, 0.3) is 0 Å². The summed E-state index contributed by atoms with van der Waals surface area (Å²) in [6, 6.07) is 1.98. The van der Waals surface area contributed by atoms with Gasteiger partial charge in [-0.05, 0) is 25.5 Å². The minimum Gasteiger partial charge on any atom is -0.375 e. The molecule has 0 atom stereocenters. The van der Waals surface area contributed by atoms with E-state index in [0.29, 0.717) is 11.7 Å². The standard InChI is InChI=1S/C12H15ClN4/c1-3-17-5-4-14-11(17)8-15-10-6-9(2)7-16-12(10)13/h4-7,15H,3,8H2,1-2H3. The topological polar surface area (TPSA) is 42.7 Å². The van der Waals surface area contributed by atoms with Crippen LogP contribution in [0.4, 0.5) is 5.69 Å². The van der Waals surface area contributed by atoms with Gasteiger partial charge in [-0.25, -0.2) is 9.97 Å². The lowest BCUT2D eigenvalue weighted by Gasteiger charge is -2.09. The van der Waals surface area contributed by atoms with Gasteiger partial charge >= 0.3 is 0 Å². The number of nitrogens with zero attached hydrogens (tertiary/aromatic N) is 3. The first-order valence-corrected chi connectivity index (χ1v) is 5.94. The third-order valence-electron chi connectivity index (χ3n) is 2.56. The van der Waals surface area contributed by atoms with Crippen molar-refractivity contribution >= 4 is 17.3 Å². The molecule has 4 nitrogen and oxygen atoms in total. The summed E-state index contributed by atoms with van der Waals surface area (Å²) in [5, 5.41) is 3.74. The number of aryl methyl sites for hydroxylation is 2. The number of imidazole rings is 1. The third kappa shape index (κ3) is 2.77. The van der Waals surface area contributed by atoms with Crippen molar-refractivity contribution in [2.75, 3.05) is 5.32 Å². The average molecular weight is 251 g/mol. The largest absolute Gasteiger partial charge is 0.375 e. The van der Waals surface area contributed by atoms with E-state index in [0.717, 1.165) is 23.6 Å². The minimum absolute atomic E-state index is 0.491. The molecule has 0 unspecified atom stereocenters. The zero-order valence-corrected chi connectivity index (χ0v) is 10.7. The molecular weight excluding hydrogens is 236 g/mol. The van der Waals surface area contributed by atoms with E-state index >= 15 is 0 Å². The summed E-state index contributed by atoms with van der Waals surface area (Å²) in [5.41, 5.74) is 1.92. The van der Waals surface area contributed by atoms with E-state index < -0.39 is 0 Å². The Morgan fingerprint density at radius 3 is 3.00 bits per heavy atom. The van der Waals surface area contributed by atoms with Crippen LogP contribution in [0.1, 0.15) is 18.3 Å². The second-order valence-corrected chi connectivity index (χ2v) is 4.19. The summed E-state index contributed by atoms with van der Waals surface area (Å²) < 4.78 is 2.09. The van der Waals surface area contributed by atoms with Gasteiger partial charge in [0.1, 0.15) is 5.82 Å². The van der Waals surface area contributed by atoms with Crippen LogP contribution < -0.4 is 5.32 Å². The van der Waals surface area contributed by atoms with Gasteiger partial charge in [0, 0.05) is 25.1 Å². The first-order chi connectivity index (χ1) is 8.20. The predicted molar refractivity (Wildman–Crippen MR) is 69.2 cm³/mol. The number of hydrogen-bond acceptors (Lipinski definition) is 3. The van der Waals surface area contributed by atoms with Crippen LogP contribution >= 0.6 is 11.6 Å². The molecule has 0 aromatic carbocycles. The van der Waals surface area contributed by atoms with Gasteiger partial charge in [-0.2, -0.15) is 0 Å². The molecule has 2 rings (SSSR count). The monoisotopic (exact) mass is 250 g/mol. The summed E-state index contributed by atoms with van der Waals surface area (Å²) in [6.45, 7) is 5.64. The number of nitrogens with one attached hydrogen (secondary N) is 1. The quantitative estimate of drug-likeness (QED) is 0.849. The van der Waals surface area contributed by atoms with Crippen LogP contribution in [0, 0.1) is 6.92 Å². The van der Waals surface area contributed by atoms with Gasteiger partial charge in [0.2, 0.25) is 0 Å². The lowest BCUT2D eigenvalue weighted by Crippen LogP contribution is -2.08. The van der Waals surface area contributed by atoms with Gasteiger partial charge in [-0.1, -0.05) is 11.6 Å². The van der Waals surface area contributed by atoms with E-state index in [1.54, 1.807) is 12.4 Å². The van der Waals surface area contributed by atoms with Crippen LogP contribution in [-0.2, 0) is 13.1 Å². The highest BCUT2D eigenvalue weighted by molar-refractivity contribution is 6.31. The molecule has 2 aromatic rings. The predicted octanol–water partition coefficient (Wildman–Crippen LogP) is 2.87. The van der Waals surface area contributed by atoms with Crippen molar-refractivity contribution in [3.8, 4) is 0 Å². The molecule has 90 valence electrons. The van der Waals surface area contributed by atoms with Gasteiger partial charge in [0.05, 0.1) is 12.2 Å². The van der Waals surface area contributed by atoms with E-state index in [9.17, 15) is 0 Å². The Morgan fingerprint density at radius 1 is 1.41 bits per heavy atom. The van der Waals surface area contributed by atoms with E-state index in [4.69, 9.17) is 11.6 Å². The molecule has 0 radical (unpaired) electrons. The van der Waals surface area contributed by atoms with Crippen molar-refractivity contribution in [3.05, 3.63) is 41.2 Å². The molecule has 0 fully saturated rings. The van der Waals surface area contributed by atoms with Crippen molar-refractivity contribution in [1.29, 1.82) is 0 Å². The lowest BCUT2D eigenvalue weighted by atomic mass is 10.3. The molecular formula is C12H15ClN4. The minimum atomic E-state index is 0.491. The van der Waals surface area contributed by atoms with Crippen LogP contribution in [0.3, 0.4) is 0 Å². The van der Waals surface area contributed by atoms with Crippen LogP contribution in [0.15, 0.2) is 24.7 Å². The summed E-state index contributed by atoms with van der Waals surface area (Å²) >= 11 is 6.01. The van der Waals surface area contributed by atoms with Crippen molar-refractivity contribution in [3.63, 3.8) is 0 Å². The molecule has 5 heteroatoms. The summed E-state index contributed by atoms with van der Waals surface area (Å²) in [4.78, 5) is 8.39. The molecule has 2 heterocycles. The van der Waals surface area contributed by atoms with Crippen molar-refractivity contribution in [2.45, 2.75) is 26.9 Å². The van der Waals surface area contributed by atoms with E-state index in [2.05, 4.69) is 26.8 Å². The van der Waals surface area contributed by atoms with Gasteiger partial charge < -0.3 is 9.88 Å². The fraction of sp³-hybridized carbons (Fsp3) is 0.333. The zero-order valence-electron chi connectivity index (χ0n) is 9.94. The molecule has 2 aromatic heterocycles. The maximum atomic E-state index is 6.01. The van der Waals surface area contributed by atoms with Crippen LogP contribution in [0.25, 0.3) is 0 Å². The van der Waals surface area contributed by atoms with Crippen molar-refractivity contribution in [2.24, 2.45) is 0 Å². The van der Waals surface area contributed by atoms with Crippen molar-refractivity contribution in [1.82, 2.24) is 14.5 Å². The number of rotatable bonds is 4. The molecule has 0 aliphatic carbocycles. The fourth-order valence-corrected chi connectivity index (χ4v) is 1.82. The normalized spacial score (nSPS) is 10.5. The summed E-state index contributed by atoms with van der Waals surface area (Å²) in [6.07, 6.45) is 5.52. The average Bonchev–Trinajstić information content (AvgIpc) is 2.77. The Bertz CT molecular complexity index is 507. The molecule has 0 aliphatic heterocycles. The number of hydrogen-bond donors (Lipinski definition) is 1. The van der Waals surface area contributed by atoms with Crippen molar-refractivity contribution < 1.29 is 0 Å². The maximum Gasteiger partial charge on any atom is 0.152 e. The fourth-order valence-electron chi connectivity index (χ4n) is 1.65. The molecule has 0 saturated carbocycles. The molecule has 17 heavy (non-hydrogen) atoms. The van der Waals surface area contributed by atoms with Gasteiger partial charge in [-0.3, -0.25) is 0 Å². The van der Waals surface area contributed by atoms with E-state index in [1.807, 2.05) is 19.2 Å². The number of aromatic nitrogens is 3. The number of pyridine rings is 1.